The fraction of sp³-hybridized carbons (Fsp3) is 0.538. The van der Waals surface area contributed by atoms with Crippen LogP contribution in [-0.2, 0) is 9.47 Å². The van der Waals surface area contributed by atoms with Crippen molar-refractivity contribution in [3.05, 3.63) is 36.0 Å². The number of hydrogen-bond acceptors (Lipinski definition) is 2. The molecule has 1 aliphatic heterocycles. The third kappa shape index (κ3) is 0.876. The van der Waals surface area contributed by atoms with Gasteiger partial charge in [0.2, 0.25) is 0 Å². The lowest BCUT2D eigenvalue weighted by atomic mass is 9.69. The predicted octanol–water partition coefficient (Wildman–Crippen LogP) is 2.19. The Balaban J connectivity index is 1.85. The van der Waals surface area contributed by atoms with Gasteiger partial charge >= 0.3 is 0 Å². The van der Waals surface area contributed by atoms with E-state index in [1.54, 1.807) is 0 Å². The Morgan fingerprint density at radius 2 is 2.07 bits per heavy atom. The van der Waals surface area contributed by atoms with Crippen molar-refractivity contribution in [3.8, 4) is 0 Å². The molecule has 1 saturated heterocycles. The molecular weight excluding hydrogens is 188 g/mol. The maximum atomic E-state index is 5.89. The average Bonchev–Trinajstić information content (AvgIpc) is 2.90. The summed E-state index contributed by atoms with van der Waals surface area (Å²) in [5.41, 5.74) is 1.63. The molecule has 15 heavy (non-hydrogen) atoms. The molecule has 3 aliphatic carbocycles. The van der Waals surface area contributed by atoms with Crippen LogP contribution >= 0.6 is 0 Å². The lowest BCUT2D eigenvalue weighted by Gasteiger charge is -2.43. The Morgan fingerprint density at radius 1 is 1.20 bits per heavy atom. The average molecular weight is 202 g/mol. The molecule has 0 aromatic heterocycles. The van der Waals surface area contributed by atoms with Gasteiger partial charge in [0.15, 0.2) is 5.79 Å². The fourth-order valence-electron chi connectivity index (χ4n) is 3.52. The zero-order chi connectivity index (χ0) is 9.93. The van der Waals surface area contributed by atoms with Gasteiger partial charge in [-0.15, -0.1) is 0 Å². The molecule has 2 bridgehead atoms. The van der Waals surface area contributed by atoms with Crippen molar-refractivity contribution in [1.29, 1.82) is 0 Å². The van der Waals surface area contributed by atoms with Gasteiger partial charge in [-0.3, -0.25) is 0 Å². The molecule has 0 N–H and O–H groups in total. The fourth-order valence-corrected chi connectivity index (χ4v) is 3.52. The lowest BCUT2D eigenvalue weighted by Crippen LogP contribution is -2.46. The summed E-state index contributed by atoms with van der Waals surface area (Å²) in [5.74, 6) is 0.0545. The van der Waals surface area contributed by atoms with Crippen LogP contribution in [-0.4, -0.2) is 19.0 Å². The van der Waals surface area contributed by atoms with E-state index >= 15 is 0 Å². The summed E-state index contributed by atoms with van der Waals surface area (Å²) in [6, 6.07) is 0. The second kappa shape index (κ2) is 2.45. The normalized spacial score (nSPS) is 43.7. The summed E-state index contributed by atoms with van der Waals surface area (Å²) in [6.45, 7) is 1.49. The highest BCUT2D eigenvalue weighted by molar-refractivity contribution is 5.45. The number of hydrogen-bond donors (Lipinski definition) is 0. The standard InChI is InChI=1S/C13H14O2/c1-3-12-5-2-10(9-12)8-11(12)13(4-1)14-6-7-15-13/h1-3,5,8,11H,4,6-7,9H2. The van der Waals surface area contributed by atoms with E-state index in [2.05, 4.69) is 30.4 Å². The third-order valence-corrected chi connectivity index (χ3v) is 4.16. The molecule has 4 aliphatic rings. The SMILES string of the molecule is C1=CC23C=CC(=CC2C2(C1)OCCO2)C3. The van der Waals surface area contributed by atoms with Crippen molar-refractivity contribution in [2.45, 2.75) is 18.6 Å². The zero-order valence-electron chi connectivity index (χ0n) is 8.61. The van der Waals surface area contributed by atoms with E-state index in [9.17, 15) is 0 Å². The molecule has 1 heterocycles. The van der Waals surface area contributed by atoms with Gasteiger partial charge in [0.1, 0.15) is 0 Å². The quantitative estimate of drug-likeness (QED) is 0.561. The first-order valence-corrected chi connectivity index (χ1v) is 5.69. The maximum Gasteiger partial charge on any atom is 0.179 e. The Kier molecular flexibility index (Phi) is 1.35. The summed E-state index contributed by atoms with van der Waals surface area (Å²) in [6.07, 6.45) is 13.5. The number of allylic oxidation sites excluding steroid dienone is 4. The van der Waals surface area contributed by atoms with Crippen molar-refractivity contribution in [1.82, 2.24) is 0 Å². The molecule has 0 aromatic carbocycles. The number of ether oxygens (including phenoxy) is 2. The highest BCUT2D eigenvalue weighted by atomic mass is 16.7. The molecule has 2 heteroatoms. The van der Waals surface area contributed by atoms with Crippen LogP contribution in [0.5, 0.6) is 0 Å². The molecule has 2 spiro atoms. The minimum Gasteiger partial charge on any atom is -0.347 e. The highest BCUT2D eigenvalue weighted by Crippen LogP contribution is 2.58. The molecule has 0 aromatic rings. The third-order valence-electron chi connectivity index (χ3n) is 4.16. The molecule has 0 saturated carbocycles. The van der Waals surface area contributed by atoms with Crippen LogP contribution in [0.2, 0.25) is 0 Å². The molecular formula is C13H14O2. The number of fused-ring (bicyclic) bond motifs is 2. The van der Waals surface area contributed by atoms with Crippen molar-refractivity contribution < 1.29 is 9.47 Å². The first kappa shape index (κ1) is 8.31. The summed E-state index contributed by atoms with van der Waals surface area (Å²) >= 11 is 0. The van der Waals surface area contributed by atoms with Crippen molar-refractivity contribution in [3.63, 3.8) is 0 Å². The minimum atomic E-state index is -0.346. The monoisotopic (exact) mass is 202 g/mol. The summed E-state index contributed by atoms with van der Waals surface area (Å²) in [7, 11) is 0. The summed E-state index contributed by atoms with van der Waals surface area (Å²) in [5, 5.41) is 0. The summed E-state index contributed by atoms with van der Waals surface area (Å²) in [4.78, 5) is 0. The Hall–Kier alpha value is -0.860. The van der Waals surface area contributed by atoms with E-state index in [-0.39, 0.29) is 11.2 Å². The van der Waals surface area contributed by atoms with Crippen LogP contribution in [0.25, 0.3) is 0 Å². The van der Waals surface area contributed by atoms with Crippen LogP contribution in [0.4, 0.5) is 0 Å². The molecule has 78 valence electrons. The Labute approximate surface area is 89.3 Å². The number of rotatable bonds is 0. The molecule has 4 rings (SSSR count). The molecule has 0 radical (unpaired) electrons. The molecule has 2 nitrogen and oxygen atoms in total. The van der Waals surface area contributed by atoms with E-state index in [0.717, 1.165) is 26.1 Å². The smallest absolute Gasteiger partial charge is 0.179 e. The van der Waals surface area contributed by atoms with Gasteiger partial charge in [0.05, 0.1) is 13.2 Å². The van der Waals surface area contributed by atoms with E-state index in [4.69, 9.17) is 9.47 Å². The van der Waals surface area contributed by atoms with Crippen molar-refractivity contribution in [2.75, 3.05) is 13.2 Å². The molecule has 2 atom stereocenters. The molecule has 0 amide bonds. The second-order valence-corrected chi connectivity index (χ2v) is 4.96. The van der Waals surface area contributed by atoms with E-state index in [1.807, 2.05) is 0 Å². The topological polar surface area (TPSA) is 18.5 Å². The first-order chi connectivity index (χ1) is 7.33. The Morgan fingerprint density at radius 3 is 2.87 bits per heavy atom. The minimum absolute atomic E-state index is 0.178. The predicted molar refractivity (Wildman–Crippen MR) is 56.2 cm³/mol. The summed E-state index contributed by atoms with van der Waals surface area (Å²) < 4.78 is 11.8. The van der Waals surface area contributed by atoms with Gasteiger partial charge in [0.25, 0.3) is 0 Å². The molecule has 1 fully saturated rings. The van der Waals surface area contributed by atoms with Crippen LogP contribution in [0, 0.1) is 11.3 Å². The lowest BCUT2D eigenvalue weighted by molar-refractivity contribution is -0.198. The van der Waals surface area contributed by atoms with E-state index in [1.165, 1.54) is 5.57 Å². The first-order valence-electron chi connectivity index (χ1n) is 5.69. The van der Waals surface area contributed by atoms with E-state index in [0.29, 0.717) is 5.92 Å². The van der Waals surface area contributed by atoms with Gasteiger partial charge < -0.3 is 9.47 Å². The van der Waals surface area contributed by atoms with E-state index < -0.39 is 0 Å². The van der Waals surface area contributed by atoms with Crippen LogP contribution in [0.15, 0.2) is 36.0 Å². The van der Waals surface area contributed by atoms with Gasteiger partial charge in [-0.25, -0.2) is 0 Å². The molecule has 2 unspecified atom stereocenters. The van der Waals surface area contributed by atoms with Crippen LogP contribution in [0.1, 0.15) is 12.8 Å². The van der Waals surface area contributed by atoms with Gasteiger partial charge in [-0.05, 0) is 6.42 Å². The highest BCUT2D eigenvalue weighted by Gasteiger charge is 2.57. The van der Waals surface area contributed by atoms with Crippen molar-refractivity contribution in [2.24, 2.45) is 11.3 Å². The van der Waals surface area contributed by atoms with Gasteiger partial charge in [-0.1, -0.05) is 36.0 Å². The van der Waals surface area contributed by atoms with Crippen molar-refractivity contribution >= 4 is 0 Å². The van der Waals surface area contributed by atoms with Crippen LogP contribution in [0.3, 0.4) is 0 Å². The second-order valence-electron chi connectivity index (χ2n) is 4.96. The Bertz CT molecular complexity index is 399. The maximum absolute atomic E-state index is 5.89. The van der Waals surface area contributed by atoms with Gasteiger partial charge in [0, 0.05) is 17.8 Å². The largest absolute Gasteiger partial charge is 0.347 e. The zero-order valence-corrected chi connectivity index (χ0v) is 8.61. The van der Waals surface area contributed by atoms with Crippen LogP contribution < -0.4 is 0 Å². The van der Waals surface area contributed by atoms with Gasteiger partial charge in [-0.2, -0.15) is 0 Å².